The number of rotatable bonds is 3. The molecule has 0 radical (unpaired) electrons. The van der Waals surface area contributed by atoms with Gasteiger partial charge in [0.1, 0.15) is 5.82 Å². The van der Waals surface area contributed by atoms with Crippen molar-refractivity contribution in [3.05, 3.63) is 35.6 Å². The monoisotopic (exact) mass is 211 g/mol. The van der Waals surface area contributed by atoms with Crippen molar-refractivity contribution >= 4 is 0 Å². The summed E-state index contributed by atoms with van der Waals surface area (Å²) in [6.07, 6.45) is 0. The molecule has 1 aromatic carbocycles. The Labute approximate surface area is 90.2 Å². The van der Waals surface area contributed by atoms with E-state index in [1.807, 2.05) is 20.8 Å². The molecule has 1 rings (SSSR count). The van der Waals surface area contributed by atoms with Crippen molar-refractivity contribution in [2.75, 3.05) is 6.61 Å². The highest BCUT2D eigenvalue weighted by Crippen LogP contribution is 2.15. The third-order valence-electron chi connectivity index (χ3n) is 1.99. The lowest BCUT2D eigenvalue weighted by atomic mass is 10.1. The van der Waals surface area contributed by atoms with E-state index in [1.165, 1.54) is 12.1 Å². The smallest absolute Gasteiger partial charge is 0.123 e. The maximum atomic E-state index is 12.7. The van der Waals surface area contributed by atoms with Crippen molar-refractivity contribution in [2.24, 2.45) is 5.73 Å². The van der Waals surface area contributed by atoms with Crippen LogP contribution in [0, 0.1) is 5.82 Å². The van der Waals surface area contributed by atoms with Crippen LogP contribution in [-0.4, -0.2) is 12.2 Å². The number of hydrogen-bond donors (Lipinski definition) is 1. The second-order valence-corrected chi connectivity index (χ2v) is 4.58. The lowest BCUT2D eigenvalue weighted by Crippen LogP contribution is -2.26. The Hall–Kier alpha value is -0.930. The molecule has 15 heavy (non-hydrogen) atoms. The summed E-state index contributed by atoms with van der Waals surface area (Å²) in [5, 5.41) is 0. The number of ether oxygens (including phenoxy) is 1. The van der Waals surface area contributed by atoms with E-state index in [0.29, 0.717) is 6.61 Å². The summed E-state index contributed by atoms with van der Waals surface area (Å²) in [5.74, 6) is -0.248. The molecule has 2 nitrogen and oxygen atoms in total. The Morgan fingerprint density at radius 3 is 2.27 bits per heavy atom. The fourth-order valence-electron chi connectivity index (χ4n) is 1.15. The zero-order chi connectivity index (χ0) is 11.5. The molecule has 84 valence electrons. The summed E-state index contributed by atoms with van der Waals surface area (Å²) in [6.45, 7) is 6.37. The minimum absolute atomic E-state index is 0.197. The molecule has 0 bridgehead atoms. The maximum absolute atomic E-state index is 12.7. The molecular weight excluding hydrogens is 193 g/mol. The molecule has 0 saturated carbocycles. The molecule has 0 spiro atoms. The molecule has 3 heteroatoms. The number of halogens is 1. The van der Waals surface area contributed by atoms with Gasteiger partial charge in [-0.15, -0.1) is 0 Å². The first-order valence-corrected chi connectivity index (χ1v) is 5.03. The molecule has 0 aromatic heterocycles. The summed E-state index contributed by atoms with van der Waals surface area (Å²) in [7, 11) is 0. The van der Waals surface area contributed by atoms with E-state index in [0.717, 1.165) is 5.56 Å². The van der Waals surface area contributed by atoms with Crippen LogP contribution >= 0.6 is 0 Å². The summed E-state index contributed by atoms with van der Waals surface area (Å²) in [5.41, 5.74) is 6.60. The van der Waals surface area contributed by atoms with Crippen molar-refractivity contribution in [1.29, 1.82) is 0 Å². The number of hydrogen-bond acceptors (Lipinski definition) is 2. The fourth-order valence-corrected chi connectivity index (χ4v) is 1.15. The highest BCUT2D eigenvalue weighted by molar-refractivity contribution is 5.19. The Balaban J connectivity index is 2.54. The second-order valence-electron chi connectivity index (χ2n) is 4.58. The topological polar surface area (TPSA) is 35.2 Å². The molecule has 0 aliphatic carbocycles. The normalized spacial score (nSPS) is 13.9. The van der Waals surface area contributed by atoms with Gasteiger partial charge >= 0.3 is 0 Å². The van der Waals surface area contributed by atoms with E-state index in [4.69, 9.17) is 10.5 Å². The van der Waals surface area contributed by atoms with Crippen LogP contribution in [0.15, 0.2) is 24.3 Å². The van der Waals surface area contributed by atoms with Crippen molar-refractivity contribution < 1.29 is 9.13 Å². The molecule has 0 heterocycles. The van der Waals surface area contributed by atoms with E-state index >= 15 is 0 Å². The van der Waals surface area contributed by atoms with E-state index in [1.54, 1.807) is 12.1 Å². The molecule has 0 amide bonds. The Morgan fingerprint density at radius 2 is 1.80 bits per heavy atom. The third kappa shape index (κ3) is 4.40. The minimum atomic E-state index is -0.248. The summed E-state index contributed by atoms with van der Waals surface area (Å²) in [4.78, 5) is 0. The fraction of sp³-hybridized carbons (Fsp3) is 0.500. The van der Waals surface area contributed by atoms with E-state index < -0.39 is 0 Å². The van der Waals surface area contributed by atoms with Gasteiger partial charge in [0, 0.05) is 0 Å². The van der Waals surface area contributed by atoms with Crippen LogP contribution in [0.2, 0.25) is 0 Å². The second kappa shape index (κ2) is 4.73. The lowest BCUT2D eigenvalue weighted by Gasteiger charge is -2.22. The summed E-state index contributed by atoms with van der Waals surface area (Å²) < 4.78 is 18.2. The first-order chi connectivity index (χ1) is 6.88. The quantitative estimate of drug-likeness (QED) is 0.834. The van der Waals surface area contributed by atoms with Gasteiger partial charge < -0.3 is 10.5 Å². The van der Waals surface area contributed by atoms with Crippen LogP contribution in [0.5, 0.6) is 0 Å². The van der Waals surface area contributed by atoms with Gasteiger partial charge in [0.25, 0.3) is 0 Å². The lowest BCUT2D eigenvalue weighted by molar-refractivity contribution is -0.0102. The average molecular weight is 211 g/mol. The van der Waals surface area contributed by atoms with Gasteiger partial charge in [-0.2, -0.15) is 0 Å². The first kappa shape index (κ1) is 12.1. The van der Waals surface area contributed by atoms with Gasteiger partial charge in [0.05, 0.1) is 18.2 Å². The van der Waals surface area contributed by atoms with Gasteiger partial charge in [-0.25, -0.2) is 4.39 Å². The van der Waals surface area contributed by atoms with Crippen LogP contribution in [0.1, 0.15) is 32.4 Å². The zero-order valence-electron chi connectivity index (χ0n) is 9.46. The zero-order valence-corrected chi connectivity index (χ0v) is 9.46. The molecule has 0 aliphatic heterocycles. The Morgan fingerprint density at radius 1 is 1.27 bits per heavy atom. The highest BCUT2D eigenvalue weighted by atomic mass is 19.1. The molecule has 0 aliphatic rings. The van der Waals surface area contributed by atoms with Gasteiger partial charge in [0.2, 0.25) is 0 Å². The van der Waals surface area contributed by atoms with Gasteiger partial charge in [-0.05, 0) is 38.5 Å². The largest absolute Gasteiger partial charge is 0.374 e. The van der Waals surface area contributed by atoms with Gasteiger partial charge in [-0.1, -0.05) is 12.1 Å². The van der Waals surface area contributed by atoms with Crippen molar-refractivity contribution in [2.45, 2.75) is 32.4 Å². The van der Waals surface area contributed by atoms with Crippen LogP contribution in [0.4, 0.5) is 4.39 Å². The van der Waals surface area contributed by atoms with Gasteiger partial charge in [-0.3, -0.25) is 0 Å². The van der Waals surface area contributed by atoms with Crippen LogP contribution in [0.25, 0.3) is 0 Å². The van der Waals surface area contributed by atoms with Crippen LogP contribution in [-0.2, 0) is 4.74 Å². The minimum Gasteiger partial charge on any atom is -0.374 e. The van der Waals surface area contributed by atoms with E-state index in [-0.39, 0.29) is 17.5 Å². The molecule has 1 aromatic rings. The standard InChI is InChI=1S/C12H18FNO/c1-12(2,3)15-8-11(14)9-4-6-10(13)7-5-9/h4-7,11H,8,14H2,1-3H3. The summed E-state index contributed by atoms with van der Waals surface area (Å²) >= 11 is 0. The molecule has 1 atom stereocenters. The predicted molar refractivity (Wildman–Crippen MR) is 59.0 cm³/mol. The number of nitrogens with two attached hydrogens (primary N) is 1. The van der Waals surface area contributed by atoms with Crippen molar-refractivity contribution in [3.63, 3.8) is 0 Å². The van der Waals surface area contributed by atoms with E-state index in [9.17, 15) is 4.39 Å². The highest BCUT2D eigenvalue weighted by Gasteiger charge is 2.13. The molecule has 2 N–H and O–H groups in total. The van der Waals surface area contributed by atoms with Crippen LogP contribution in [0.3, 0.4) is 0 Å². The molecular formula is C12H18FNO. The first-order valence-electron chi connectivity index (χ1n) is 5.03. The van der Waals surface area contributed by atoms with E-state index in [2.05, 4.69) is 0 Å². The molecule has 0 saturated heterocycles. The average Bonchev–Trinajstić information content (AvgIpc) is 2.14. The Bertz CT molecular complexity index is 302. The maximum Gasteiger partial charge on any atom is 0.123 e. The van der Waals surface area contributed by atoms with Gasteiger partial charge in [0.15, 0.2) is 0 Å². The van der Waals surface area contributed by atoms with Crippen molar-refractivity contribution in [1.82, 2.24) is 0 Å². The number of benzene rings is 1. The SMILES string of the molecule is CC(C)(C)OCC(N)c1ccc(F)cc1. The predicted octanol–water partition coefficient (Wildman–Crippen LogP) is 2.64. The van der Waals surface area contributed by atoms with Crippen LogP contribution < -0.4 is 5.73 Å². The molecule has 1 unspecified atom stereocenters. The van der Waals surface area contributed by atoms with Crippen molar-refractivity contribution in [3.8, 4) is 0 Å². The summed E-state index contributed by atoms with van der Waals surface area (Å²) in [6, 6.07) is 5.99. The Kier molecular flexibility index (Phi) is 3.83. The third-order valence-corrected chi connectivity index (χ3v) is 1.99. The molecule has 0 fully saturated rings.